The maximum absolute atomic E-state index is 3.98. The zero-order valence-electron chi connectivity index (χ0n) is 73.2. The first-order valence-electron chi connectivity index (χ1n) is 43.9. The molecule has 0 aliphatic carbocycles. The van der Waals surface area contributed by atoms with E-state index in [9.17, 15) is 0 Å². The van der Waals surface area contributed by atoms with Crippen molar-refractivity contribution in [3.05, 3.63) is 490 Å². The Balaban J connectivity index is 0.000000109. The van der Waals surface area contributed by atoms with E-state index in [4.69, 9.17) is 0 Å². The van der Waals surface area contributed by atoms with Crippen molar-refractivity contribution in [1.29, 1.82) is 0 Å². The molecular weight excluding hydrogens is 1560 g/mol. The Bertz CT molecular complexity index is 7120. The molecule has 5 heteroatoms. The molecule has 5 nitrogen and oxygen atoms in total. The lowest BCUT2D eigenvalue weighted by Gasteiger charge is -2.27. The van der Waals surface area contributed by atoms with E-state index < -0.39 is 0 Å². The normalized spacial score (nSPS) is 11.9. The molecule has 0 saturated carbocycles. The number of anilines is 13. The number of rotatable bonds is 12. The first-order chi connectivity index (χ1) is 63.4. The van der Waals surface area contributed by atoms with Crippen LogP contribution in [0.25, 0.3) is 150 Å². The average molecular weight is 1660 g/mol. The average Bonchev–Trinajstić information content (AvgIpc) is 1.61. The Hall–Kier alpha value is -16.6. The molecule has 0 saturated heterocycles. The molecule has 0 radical (unpaired) electrons. The largest absolute Gasteiger partial charge is 0.344 e. The first kappa shape index (κ1) is 83.3. The van der Waals surface area contributed by atoms with Crippen LogP contribution in [0, 0.1) is 6.92 Å². The van der Waals surface area contributed by atoms with Crippen molar-refractivity contribution >= 4 is 135 Å². The van der Waals surface area contributed by atoms with Crippen molar-refractivity contribution in [3.63, 3.8) is 0 Å². The van der Waals surface area contributed by atoms with E-state index in [2.05, 4.69) is 486 Å². The topological polar surface area (TPSA) is 16.2 Å². The van der Waals surface area contributed by atoms with Gasteiger partial charge in [0.25, 0.3) is 0 Å². The Kier molecular flexibility index (Phi) is 23.9. The summed E-state index contributed by atoms with van der Waals surface area (Å²) < 4.78 is 0. The summed E-state index contributed by atoms with van der Waals surface area (Å²) >= 11 is 0. The quantitative estimate of drug-likeness (QED) is 0.121. The fraction of sp³-hybridized carbons (Fsp3) is 0.0323. The monoisotopic (exact) mass is 1660 g/mol. The van der Waals surface area contributed by atoms with Crippen LogP contribution in [0.5, 0.6) is 0 Å². The van der Waals surface area contributed by atoms with Crippen LogP contribution < -0.4 is 24.5 Å². The lowest BCUT2D eigenvalue weighted by Crippen LogP contribution is -2.17. The van der Waals surface area contributed by atoms with Gasteiger partial charge in [-0.3, -0.25) is 0 Å². The molecular formula is C124H99N5. The second-order valence-electron chi connectivity index (χ2n) is 32.3. The molecule has 5 aliphatic rings. The van der Waals surface area contributed by atoms with Gasteiger partial charge >= 0.3 is 0 Å². The maximum atomic E-state index is 3.98. The highest BCUT2D eigenvalue weighted by Gasteiger charge is 2.31. The van der Waals surface area contributed by atoms with Gasteiger partial charge in [0.05, 0.1) is 34.1 Å². The first-order valence-corrected chi connectivity index (χ1v) is 43.9. The van der Waals surface area contributed by atoms with E-state index in [0.717, 1.165) is 79.5 Å². The Morgan fingerprint density at radius 3 is 0.822 bits per heavy atom. The van der Waals surface area contributed by atoms with Gasteiger partial charge in [0.1, 0.15) is 0 Å². The molecule has 5 heterocycles. The van der Waals surface area contributed by atoms with Crippen molar-refractivity contribution in [1.82, 2.24) is 0 Å². The Morgan fingerprint density at radius 2 is 0.442 bits per heavy atom. The van der Waals surface area contributed by atoms with E-state index >= 15 is 0 Å². The summed E-state index contributed by atoms with van der Waals surface area (Å²) in [6.45, 7) is 36.6. The third kappa shape index (κ3) is 16.3. The molecule has 0 bridgehead atoms. The van der Waals surface area contributed by atoms with Crippen LogP contribution in [0.3, 0.4) is 0 Å². The van der Waals surface area contributed by atoms with E-state index in [1.54, 1.807) is 0 Å². The Labute approximate surface area is 760 Å². The number of benzene rings is 17. The summed E-state index contributed by atoms with van der Waals surface area (Å²) in [5.74, 6) is 0. The minimum atomic E-state index is 0.933. The van der Waals surface area contributed by atoms with Gasteiger partial charge < -0.3 is 24.5 Å². The summed E-state index contributed by atoms with van der Waals surface area (Å²) in [7, 11) is 2.14. The highest BCUT2D eigenvalue weighted by atomic mass is 15.2. The van der Waals surface area contributed by atoms with Crippen LogP contribution in [0.15, 0.2) is 429 Å². The number of hydrogen-bond acceptors (Lipinski definition) is 5. The van der Waals surface area contributed by atoms with Gasteiger partial charge in [0.2, 0.25) is 0 Å². The summed E-state index contributed by atoms with van der Waals surface area (Å²) in [6, 6.07) is 134. The van der Waals surface area contributed by atoms with Crippen LogP contribution in [0.1, 0.15) is 68.1 Å². The minimum absolute atomic E-state index is 0.933. The van der Waals surface area contributed by atoms with Gasteiger partial charge in [-0.25, -0.2) is 0 Å². The molecule has 0 fully saturated rings. The van der Waals surface area contributed by atoms with Gasteiger partial charge in [-0.15, -0.1) is 0 Å². The van der Waals surface area contributed by atoms with Crippen LogP contribution in [-0.4, -0.2) is 13.6 Å². The third-order valence-electron chi connectivity index (χ3n) is 24.8. The molecule has 0 atom stereocenters. The number of aryl methyl sites for hydroxylation is 1. The van der Waals surface area contributed by atoms with E-state index in [-0.39, 0.29) is 0 Å². The van der Waals surface area contributed by atoms with Crippen molar-refractivity contribution in [2.75, 3.05) is 38.1 Å². The summed E-state index contributed by atoms with van der Waals surface area (Å²) in [5.41, 5.74) is 48.1. The zero-order chi connectivity index (χ0) is 88.6. The molecule has 0 spiro atoms. The fourth-order valence-electron chi connectivity index (χ4n) is 18.4. The predicted molar refractivity (Wildman–Crippen MR) is 562 cm³/mol. The highest BCUT2D eigenvalue weighted by Crippen LogP contribution is 2.56. The molecule has 129 heavy (non-hydrogen) atoms. The number of hydrogen-bond donors (Lipinski definition) is 0. The van der Waals surface area contributed by atoms with E-state index in [0.29, 0.717) is 0 Å². The lowest BCUT2D eigenvalue weighted by atomic mass is 9.93. The molecule has 0 N–H and O–H groups in total. The third-order valence-corrected chi connectivity index (χ3v) is 24.8. The van der Waals surface area contributed by atoms with Crippen LogP contribution >= 0.6 is 0 Å². The molecule has 5 aliphatic heterocycles. The summed E-state index contributed by atoms with van der Waals surface area (Å²) in [6.07, 6.45) is 19.5. The molecule has 0 amide bonds. The fourth-order valence-corrected chi connectivity index (χ4v) is 18.4. The molecule has 0 aromatic heterocycles. The van der Waals surface area contributed by atoms with Crippen LogP contribution in [0.2, 0.25) is 0 Å². The summed E-state index contributed by atoms with van der Waals surface area (Å²) in [5, 5.41) is 0. The van der Waals surface area contributed by atoms with Gasteiger partial charge in [0.15, 0.2) is 0 Å². The standard InChI is InChI=1S/C30H23N.C27H21N.C26H19N.C21H17N.C20H19N/c1-4-21-11-15-24(16-12-21)31-29-17-13-22(5-2)19-27(29)25-9-7-8-10-26(25)28-20-23(6-3)14-18-30(28)31;1-3-20-13-15-21(16-14-20)28-26-10-6-4-8-23(26)22-17-12-19(2)18-25(22)24-9-5-7-11-27(24)28;1-2-19-16-17-21-22-12-6-8-14-25(22)27(20-10-4-3-5-11-20)26-15-9-7-13-23(26)24(21)18-19;1-3-15-12-13-21-19(14-15)17-9-5-4-8-16(17)18-10-6-7-11-20(18)22(21)2;1-4-15-7-11-19-17(13-15)9-10-18-14-16(5-2)8-12-20(18)21(19)6-3/h4-20H,1-3H2;3-18H,1H2,2H3;2-18H,1H2;3-14H,1H2,2H3;4-5,7-14H,1-2,6H2,3H3. The van der Waals surface area contributed by atoms with Gasteiger partial charge in [-0.05, 0) is 247 Å². The zero-order valence-corrected chi connectivity index (χ0v) is 73.2. The maximum Gasteiger partial charge on any atom is 0.0540 e. The van der Waals surface area contributed by atoms with Crippen LogP contribution in [-0.2, 0) is 0 Å². The van der Waals surface area contributed by atoms with Gasteiger partial charge in [-0.1, -0.05) is 362 Å². The predicted octanol–water partition coefficient (Wildman–Crippen LogP) is 35.3. The van der Waals surface area contributed by atoms with Gasteiger partial charge in [-0.2, -0.15) is 0 Å². The second kappa shape index (κ2) is 37.1. The summed E-state index contributed by atoms with van der Waals surface area (Å²) in [4.78, 5) is 11.7. The van der Waals surface area contributed by atoms with Crippen molar-refractivity contribution in [2.24, 2.45) is 0 Å². The van der Waals surface area contributed by atoms with E-state index in [1.165, 1.54) is 151 Å². The number of nitrogens with zero attached hydrogens (tertiary/aromatic N) is 5. The lowest BCUT2D eigenvalue weighted by molar-refractivity contribution is 1.02. The minimum Gasteiger partial charge on any atom is -0.344 e. The smallest absolute Gasteiger partial charge is 0.0540 e. The molecule has 17 aromatic rings. The van der Waals surface area contributed by atoms with Crippen molar-refractivity contribution in [3.8, 4) is 89.0 Å². The second-order valence-corrected chi connectivity index (χ2v) is 32.3. The molecule has 620 valence electrons. The van der Waals surface area contributed by atoms with E-state index in [1.807, 2.05) is 48.6 Å². The van der Waals surface area contributed by atoms with Crippen molar-refractivity contribution in [2.45, 2.75) is 13.8 Å². The highest BCUT2D eigenvalue weighted by molar-refractivity contribution is 6.07. The molecule has 22 rings (SSSR count). The molecule has 17 aromatic carbocycles. The SMILES string of the molecule is C=Cc1ccc(N2c3ccc(C=C)cc3-c3ccccc3-c3cc(C=C)ccc32)cc1.C=Cc1ccc(N2c3ccccc3-c3ccc(C)cc3-c3ccccc32)cc1.C=Cc1ccc2c(c1)-c1ccccc1-c1ccccc1N2C.C=Cc1ccc2c(c1)-c1ccccc1N(c1ccccc1)c1ccccc1-2.C=Cc1ccc2c(c1)C=Cc1cc(C=C)ccc1N2CC. The number of para-hydroxylation sites is 6. The Morgan fingerprint density at radius 1 is 0.202 bits per heavy atom. The van der Waals surface area contributed by atoms with Gasteiger partial charge in [0, 0.05) is 97.9 Å². The van der Waals surface area contributed by atoms with Crippen LogP contribution in [0.4, 0.5) is 73.9 Å². The van der Waals surface area contributed by atoms with Crippen molar-refractivity contribution < 1.29 is 0 Å². The molecule has 0 unspecified atom stereocenters. The number of fused-ring (bicyclic) bond motifs is 22.